The van der Waals surface area contributed by atoms with E-state index in [-0.39, 0.29) is 5.78 Å². The number of rotatable bonds is 3. The largest absolute Gasteiger partial charge is 0.358 e. The van der Waals surface area contributed by atoms with Gasteiger partial charge in [0, 0.05) is 33.9 Å². The summed E-state index contributed by atoms with van der Waals surface area (Å²) in [6, 6.07) is 15.5. The van der Waals surface area contributed by atoms with E-state index in [1.165, 1.54) is 5.39 Å². The van der Waals surface area contributed by atoms with Crippen LogP contribution >= 0.6 is 0 Å². The van der Waals surface area contributed by atoms with Crippen molar-refractivity contribution in [2.24, 2.45) is 4.99 Å². The summed E-state index contributed by atoms with van der Waals surface area (Å²) in [4.78, 5) is 19.1. The number of Topliss-reactive ketones (excluding diaryl/α,β-unsaturated/α-hetero) is 1. The summed E-state index contributed by atoms with van der Waals surface area (Å²) in [6.45, 7) is 3.60. The van der Waals surface area contributed by atoms with Gasteiger partial charge in [-0.3, -0.25) is 9.79 Å². The number of nitrogens with zero attached hydrogens (tertiary/aromatic N) is 1. The van der Waals surface area contributed by atoms with Crippen molar-refractivity contribution >= 4 is 28.6 Å². The molecule has 1 N–H and O–H groups in total. The Morgan fingerprint density at radius 3 is 2.52 bits per heavy atom. The summed E-state index contributed by atoms with van der Waals surface area (Å²) in [5, 5.41) is 1.17. The summed E-state index contributed by atoms with van der Waals surface area (Å²) in [5.74, 6) is 0.0676. The second-order valence-electron chi connectivity index (χ2n) is 5.07. The maximum Gasteiger partial charge on any atom is 0.159 e. The molecule has 0 bridgehead atoms. The van der Waals surface area contributed by atoms with Crippen molar-refractivity contribution in [3.63, 3.8) is 0 Å². The molecule has 0 saturated carbocycles. The Hall–Kier alpha value is -2.68. The molecule has 0 aliphatic heterocycles. The van der Waals surface area contributed by atoms with Crippen LogP contribution in [0.3, 0.4) is 0 Å². The zero-order valence-electron chi connectivity index (χ0n) is 12.1. The molecule has 0 radical (unpaired) electrons. The average Bonchev–Trinajstić information content (AvgIpc) is 2.81. The number of ketones is 1. The van der Waals surface area contributed by atoms with Crippen LogP contribution in [0, 0.1) is 6.92 Å². The number of para-hydroxylation sites is 1. The Morgan fingerprint density at radius 2 is 1.81 bits per heavy atom. The zero-order chi connectivity index (χ0) is 14.8. The van der Waals surface area contributed by atoms with Gasteiger partial charge in [-0.1, -0.05) is 18.2 Å². The van der Waals surface area contributed by atoms with E-state index in [0.29, 0.717) is 5.56 Å². The summed E-state index contributed by atoms with van der Waals surface area (Å²) in [5.41, 5.74) is 4.85. The van der Waals surface area contributed by atoms with Crippen LogP contribution in [-0.4, -0.2) is 17.0 Å². The summed E-state index contributed by atoms with van der Waals surface area (Å²) in [7, 11) is 0. The van der Waals surface area contributed by atoms with Crippen LogP contribution in [0.5, 0.6) is 0 Å². The fourth-order valence-corrected chi connectivity index (χ4v) is 2.39. The third kappa shape index (κ3) is 2.63. The lowest BCUT2D eigenvalue weighted by molar-refractivity contribution is 0.101. The molecule has 1 heterocycles. The standard InChI is InChI=1S/C18H16N2O/c1-12-17(16-5-3-4-6-18(16)20-12)11-19-15-9-7-14(8-10-15)13(2)21/h3-11,20H,1-2H3. The number of hydrogen-bond acceptors (Lipinski definition) is 2. The number of aryl methyl sites for hydroxylation is 1. The van der Waals surface area contributed by atoms with Crippen LogP contribution in [0.4, 0.5) is 5.69 Å². The minimum atomic E-state index is 0.0676. The molecule has 0 atom stereocenters. The maximum absolute atomic E-state index is 11.2. The van der Waals surface area contributed by atoms with Gasteiger partial charge in [-0.05, 0) is 44.2 Å². The predicted molar refractivity (Wildman–Crippen MR) is 86.7 cm³/mol. The monoisotopic (exact) mass is 276 g/mol. The number of benzene rings is 2. The normalized spacial score (nSPS) is 11.3. The Bertz CT molecular complexity index is 826. The number of carbonyl (C=O) groups is 1. The topological polar surface area (TPSA) is 45.2 Å². The molecular formula is C18H16N2O. The van der Waals surface area contributed by atoms with Gasteiger partial charge in [0.05, 0.1) is 5.69 Å². The van der Waals surface area contributed by atoms with Gasteiger partial charge in [-0.15, -0.1) is 0 Å². The van der Waals surface area contributed by atoms with Crippen molar-refractivity contribution in [2.75, 3.05) is 0 Å². The summed E-state index contributed by atoms with van der Waals surface area (Å²) >= 11 is 0. The van der Waals surface area contributed by atoms with E-state index in [9.17, 15) is 4.79 Å². The van der Waals surface area contributed by atoms with Crippen LogP contribution in [0.1, 0.15) is 28.5 Å². The van der Waals surface area contributed by atoms with E-state index in [0.717, 1.165) is 22.5 Å². The number of H-pyrrole nitrogens is 1. The number of aromatic nitrogens is 1. The minimum Gasteiger partial charge on any atom is -0.358 e. The number of nitrogens with one attached hydrogen (secondary N) is 1. The molecule has 0 aliphatic carbocycles. The first-order chi connectivity index (χ1) is 10.1. The highest BCUT2D eigenvalue weighted by Crippen LogP contribution is 2.21. The molecule has 3 heteroatoms. The lowest BCUT2D eigenvalue weighted by Gasteiger charge is -1.97. The molecule has 0 fully saturated rings. The van der Waals surface area contributed by atoms with Gasteiger partial charge >= 0.3 is 0 Å². The van der Waals surface area contributed by atoms with E-state index >= 15 is 0 Å². The van der Waals surface area contributed by atoms with Crippen molar-refractivity contribution in [1.82, 2.24) is 4.98 Å². The first kappa shape index (κ1) is 13.3. The lowest BCUT2D eigenvalue weighted by Crippen LogP contribution is -1.89. The fraction of sp³-hybridized carbons (Fsp3) is 0.111. The van der Waals surface area contributed by atoms with E-state index in [1.807, 2.05) is 37.4 Å². The quantitative estimate of drug-likeness (QED) is 0.558. The molecule has 0 spiro atoms. The van der Waals surface area contributed by atoms with Crippen molar-refractivity contribution in [2.45, 2.75) is 13.8 Å². The van der Waals surface area contributed by atoms with E-state index in [2.05, 4.69) is 22.1 Å². The fourth-order valence-electron chi connectivity index (χ4n) is 2.39. The lowest BCUT2D eigenvalue weighted by atomic mass is 10.1. The molecule has 0 unspecified atom stereocenters. The number of fused-ring (bicyclic) bond motifs is 1. The van der Waals surface area contributed by atoms with Gasteiger partial charge in [0.1, 0.15) is 0 Å². The number of aromatic amines is 1. The molecule has 0 amide bonds. The van der Waals surface area contributed by atoms with Crippen molar-refractivity contribution < 1.29 is 4.79 Å². The second kappa shape index (κ2) is 5.37. The van der Waals surface area contributed by atoms with Gasteiger partial charge in [0.15, 0.2) is 5.78 Å². The number of carbonyl (C=O) groups excluding carboxylic acids is 1. The maximum atomic E-state index is 11.2. The van der Waals surface area contributed by atoms with E-state index < -0.39 is 0 Å². The molecule has 0 aliphatic rings. The highest BCUT2D eigenvalue weighted by molar-refractivity contribution is 6.01. The second-order valence-corrected chi connectivity index (χ2v) is 5.07. The zero-order valence-corrected chi connectivity index (χ0v) is 12.1. The van der Waals surface area contributed by atoms with Crippen LogP contribution in [0.2, 0.25) is 0 Å². The minimum absolute atomic E-state index is 0.0676. The molecular weight excluding hydrogens is 260 g/mol. The third-order valence-corrected chi connectivity index (χ3v) is 3.56. The van der Waals surface area contributed by atoms with Gasteiger partial charge in [0.25, 0.3) is 0 Å². The predicted octanol–water partition coefficient (Wildman–Crippen LogP) is 4.43. The molecule has 104 valence electrons. The van der Waals surface area contributed by atoms with Gasteiger partial charge in [-0.25, -0.2) is 0 Å². The van der Waals surface area contributed by atoms with Gasteiger partial charge in [-0.2, -0.15) is 0 Å². The molecule has 3 rings (SSSR count). The number of hydrogen-bond donors (Lipinski definition) is 1. The Kier molecular flexibility index (Phi) is 3.40. The summed E-state index contributed by atoms with van der Waals surface area (Å²) in [6.07, 6.45) is 1.87. The first-order valence-electron chi connectivity index (χ1n) is 6.87. The SMILES string of the molecule is CC(=O)c1ccc(N=Cc2c(C)[nH]c3ccccc23)cc1. The molecule has 3 nitrogen and oxygen atoms in total. The molecule has 3 aromatic rings. The number of aliphatic imine (C=N–C) groups is 1. The molecule has 21 heavy (non-hydrogen) atoms. The van der Waals surface area contributed by atoms with Crippen LogP contribution in [-0.2, 0) is 0 Å². The Labute approximate surface area is 123 Å². The van der Waals surface area contributed by atoms with Crippen molar-refractivity contribution in [3.8, 4) is 0 Å². The van der Waals surface area contributed by atoms with E-state index in [1.54, 1.807) is 19.1 Å². The molecule has 0 saturated heterocycles. The van der Waals surface area contributed by atoms with Crippen LogP contribution in [0.25, 0.3) is 10.9 Å². The molecule has 2 aromatic carbocycles. The van der Waals surface area contributed by atoms with Crippen molar-refractivity contribution in [3.05, 3.63) is 65.4 Å². The summed E-state index contributed by atoms with van der Waals surface area (Å²) < 4.78 is 0. The Morgan fingerprint density at radius 1 is 1.10 bits per heavy atom. The van der Waals surface area contributed by atoms with E-state index in [4.69, 9.17) is 0 Å². The van der Waals surface area contributed by atoms with Gasteiger partial charge < -0.3 is 4.98 Å². The van der Waals surface area contributed by atoms with Gasteiger partial charge in [0.2, 0.25) is 0 Å². The third-order valence-electron chi connectivity index (χ3n) is 3.56. The Balaban J connectivity index is 1.94. The molecule has 1 aromatic heterocycles. The first-order valence-corrected chi connectivity index (χ1v) is 6.87. The van der Waals surface area contributed by atoms with Crippen LogP contribution < -0.4 is 0 Å². The highest BCUT2D eigenvalue weighted by Gasteiger charge is 2.05. The smallest absolute Gasteiger partial charge is 0.159 e. The van der Waals surface area contributed by atoms with Crippen LogP contribution in [0.15, 0.2) is 53.5 Å². The highest BCUT2D eigenvalue weighted by atomic mass is 16.1. The van der Waals surface area contributed by atoms with Crippen molar-refractivity contribution in [1.29, 1.82) is 0 Å². The average molecular weight is 276 g/mol.